The molecule has 170 valence electrons. The molecule has 3 heterocycles. The first kappa shape index (κ1) is 21.1. The maximum absolute atomic E-state index is 13.1. The van der Waals surface area contributed by atoms with Gasteiger partial charge in [0, 0.05) is 48.3 Å². The van der Waals surface area contributed by atoms with E-state index in [1.165, 1.54) is 0 Å². The molecule has 0 atom stereocenters. The lowest BCUT2D eigenvalue weighted by Crippen LogP contribution is -2.35. The summed E-state index contributed by atoms with van der Waals surface area (Å²) in [5.74, 6) is 3.15. The Bertz CT molecular complexity index is 1210. The van der Waals surface area contributed by atoms with Crippen molar-refractivity contribution in [1.82, 2.24) is 4.90 Å². The zero-order valence-corrected chi connectivity index (χ0v) is 18.7. The number of ether oxygens (including phenoxy) is 2. The van der Waals surface area contributed by atoms with Crippen molar-refractivity contribution < 1.29 is 23.5 Å². The molecule has 0 saturated carbocycles. The van der Waals surface area contributed by atoms with E-state index in [9.17, 15) is 9.59 Å². The largest absolute Gasteiger partial charge is 0.461 e. The van der Waals surface area contributed by atoms with Crippen molar-refractivity contribution in [1.29, 1.82) is 0 Å². The molecule has 7 nitrogen and oxygen atoms in total. The van der Waals surface area contributed by atoms with Crippen molar-refractivity contribution in [2.24, 2.45) is 5.92 Å². The summed E-state index contributed by atoms with van der Waals surface area (Å²) in [6, 6.07) is 14.9. The lowest BCUT2D eigenvalue weighted by molar-refractivity contribution is -0.116. The van der Waals surface area contributed by atoms with Gasteiger partial charge in [0.1, 0.15) is 11.5 Å². The van der Waals surface area contributed by atoms with Crippen molar-refractivity contribution in [2.45, 2.75) is 33.2 Å². The summed E-state index contributed by atoms with van der Waals surface area (Å²) < 4.78 is 16.9. The van der Waals surface area contributed by atoms with Crippen molar-refractivity contribution in [3.05, 3.63) is 65.4 Å². The molecule has 0 spiro atoms. The number of nitrogens with zero attached hydrogens (tertiary/aromatic N) is 1. The number of hydrogen-bond donors (Lipinski definition) is 1. The van der Waals surface area contributed by atoms with Gasteiger partial charge < -0.3 is 24.1 Å². The highest BCUT2D eigenvalue weighted by atomic mass is 16.7. The van der Waals surface area contributed by atoms with Crippen LogP contribution in [0.2, 0.25) is 0 Å². The molecule has 1 N–H and O–H groups in total. The number of benzene rings is 2. The number of amides is 2. The van der Waals surface area contributed by atoms with E-state index in [1.54, 1.807) is 18.2 Å². The van der Waals surface area contributed by atoms with Crippen LogP contribution in [0.4, 0.5) is 5.69 Å². The molecule has 0 saturated heterocycles. The second-order valence-corrected chi connectivity index (χ2v) is 8.83. The lowest BCUT2D eigenvalue weighted by atomic mass is 10.1. The zero-order chi connectivity index (χ0) is 22.9. The van der Waals surface area contributed by atoms with Crippen LogP contribution in [0.1, 0.15) is 41.9 Å². The monoisotopic (exact) mass is 446 g/mol. The highest BCUT2D eigenvalue weighted by Crippen LogP contribution is 2.34. The Kier molecular flexibility index (Phi) is 5.54. The maximum atomic E-state index is 13.1. The summed E-state index contributed by atoms with van der Waals surface area (Å²) >= 11 is 0. The van der Waals surface area contributed by atoms with Gasteiger partial charge in [0.25, 0.3) is 5.91 Å². The first-order valence-electron chi connectivity index (χ1n) is 11.2. The summed E-state index contributed by atoms with van der Waals surface area (Å²) in [6.45, 7) is 5.28. The van der Waals surface area contributed by atoms with Crippen LogP contribution in [0.5, 0.6) is 11.5 Å². The maximum Gasteiger partial charge on any atom is 0.254 e. The normalized spacial score (nSPS) is 14.3. The highest BCUT2D eigenvalue weighted by molar-refractivity contribution is 5.95. The van der Waals surface area contributed by atoms with Gasteiger partial charge in [0.05, 0.1) is 0 Å². The van der Waals surface area contributed by atoms with Gasteiger partial charge in [0.2, 0.25) is 12.7 Å². The predicted octanol–water partition coefficient (Wildman–Crippen LogP) is 4.86. The van der Waals surface area contributed by atoms with E-state index < -0.39 is 0 Å². The molecule has 0 bridgehead atoms. The van der Waals surface area contributed by atoms with Crippen LogP contribution in [0.25, 0.3) is 11.3 Å². The number of anilines is 1. The van der Waals surface area contributed by atoms with Crippen molar-refractivity contribution in [2.75, 3.05) is 18.7 Å². The minimum Gasteiger partial charge on any atom is -0.461 e. The molecule has 7 heteroatoms. The van der Waals surface area contributed by atoms with Gasteiger partial charge in [-0.15, -0.1) is 0 Å². The number of rotatable bonds is 5. The van der Waals surface area contributed by atoms with Gasteiger partial charge >= 0.3 is 0 Å². The topological polar surface area (TPSA) is 81.0 Å². The van der Waals surface area contributed by atoms with Crippen LogP contribution in [-0.4, -0.2) is 30.1 Å². The van der Waals surface area contributed by atoms with Gasteiger partial charge in [-0.05, 0) is 42.3 Å². The van der Waals surface area contributed by atoms with Crippen LogP contribution in [0.3, 0.4) is 0 Å². The number of hydrogen-bond acceptors (Lipinski definition) is 5. The van der Waals surface area contributed by atoms with Crippen LogP contribution in [0, 0.1) is 5.92 Å². The van der Waals surface area contributed by atoms with Crippen LogP contribution >= 0.6 is 0 Å². The molecular weight excluding hydrogens is 420 g/mol. The predicted molar refractivity (Wildman–Crippen MR) is 123 cm³/mol. The molecule has 2 aliphatic rings. The molecule has 2 amide bonds. The number of nitrogens with one attached hydrogen (secondary N) is 1. The Labute approximate surface area is 192 Å². The molecule has 0 fully saturated rings. The Morgan fingerprint density at radius 1 is 1.06 bits per heavy atom. The number of carbonyl (C=O) groups is 2. The summed E-state index contributed by atoms with van der Waals surface area (Å²) in [7, 11) is 0. The highest BCUT2D eigenvalue weighted by Gasteiger charge is 2.26. The van der Waals surface area contributed by atoms with E-state index in [2.05, 4.69) is 5.32 Å². The molecule has 0 aliphatic carbocycles. The van der Waals surface area contributed by atoms with E-state index in [1.807, 2.05) is 49.1 Å². The third-order valence-electron chi connectivity index (χ3n) is 5.80. The van der Waals surface area contributed by atoms with E-state index in [0.717, 1.165) is 28.3 Å². The molecule has 1 aromatic heterocycles. The minimum atomic E-state index is -0.0448. The van der Waals surface area contributed by atoms with E-state index in [0.29, 0.717) is 48.9 Å². The van der Waals surface area contributed by atoms with Gasteiger partial charge in [-0.25, -0.2) is 0 Å². The molecule has 3 aromatic rings. The Balaban J connectivity index is 1.31. The number of carbonyl (C=O) groups excluding carboxylic acids is 2. The van der Waals surface area contributed by atoms with E-state index in [-0.39, 0.29) is 18.6 Å². The molecule has 2 aliphatic heterocycles. The van der Waals surface area contributed by atoms with E-state index >= 15 is 0 Å². The lowest BCUT2D eigenvalue weighted by Gasteiger charge is -2.26. The van der Waals surface area contributed by atoms with Gasteiger partial charge in [0.15, 0.2) is 11.5 Å². The van der Waals surface area contributed by atoms with Gasteiger partial charge in [-0.1, -0.05) is 26.0 Å². The van der Waals surface area contributed by atoms with Crippen molar-refractivity contribution in [3.63, 3.8) is 0 Å². The molecule has 0 radical (unpaired) electrons. The first-order valence-corrected chi connectivity index (χ1v) is 11.2. The molecule has 0 unspecified atom stereocenters. The second kappa shape index (κ2) is 8.65. The smallest absolute Gasteiger partial charge is 0.254 e. The minimum absolute atomic E-state index is 0.00133. The summed E-state index contributed by atoms with van der Waals surface area (Å²) in [5, 5.41) is 2.95. The standard InChI is InChI=1S/C26H26N2O5/c1-16(2)10-25(29)27-20-5-3-4-17(11-20)23-13-19-14-28(9-8-21(19)33-23)26(30)18-6-7-22-24(12-18)32-15-31-22/h3-7,11-13,16H,8-10,14-15H2,1-2H3,(H,27,29). The Hall–Kier alpha value is -3.74. The number of furan rings is 1. The average Bonchev–Trinajstić information content (AvgIpc) is 3.44. The molecule has 5 rings (SSSR count). The summed E-state index contributed by atoms with van der Waals surface area (Å²) in [6.07, 6.45) is 1.13. The SMILES string of the molecule is CC(C)CC(=O)Nc1cccc(-c2cc3c(o2)CCN(C(=O)c2ccc4c(c2)OCO4)C3)c1. The van der Waals surface area contributed by atoms with Crippen LogP contribution in [0.15, 0.2) is 52.9 Å². The van der Waals surface area contributed by atoms with Crippen LogP contribution < -0.4 is 14.8 Å². The molecule has 33 heavy (non-hydrogen) atoms. The average molecular weight is 447 g/mol. The summed E-state index contributed by atoms with van der Waals surface area (Å²) in [5.41, 5.74) is 3.21. The van der Waals surface area contributed by atoms with Crippen molar-refractivity contribution >= 4 is 17.5 Å². The summed E-state index contributed by atoms with van der Waals surface area (Å²) in [4.78, 5) is 27.0. The van der Waals surface area contributed by atoms with Crippen LogP contribution in [-0.2, 0) is 17.8 Å². The van der Waals surface area contributed by atoms with Gasteiger partial charge in [-0.3, -0.25) is 9.59 Å². The quantitative estimate of drug-likeness (QED) is 0.605. The van der Waals surface area contributed by atoms with Gasteiger partial charge in [-0.2, -0.15) is 0 Å². The second-order valence-electron chi connectivity index (χ2n) is 8.83. The number of fused-ring (bicyclic) bond motifs is 2. The first-order chi connectivity index (χ1) is 16.0. The Morgan fingerprint density at radius 3 is 2.76 bits per heavy atom. The zero-order valence-electron chi connectivity index (χ0n) is 18.7. The fraction of sp³-hybridized carbons (Fsp3) is 0.308. The van der Waals surface area contributed by atoms with E-state index in [4.69, 9.17) is 13.9 Å². The Morgan fingerprint density at radius 2 is 1.91 bits per heavy atom. The third-order valence-corrected chi connectivity index (χ3v) is 5.80. The molecular formula is C26H26N2O5. The molecule has 2 aromatic carbocycles. The third kappa shape index (κ3) is 4.44. The fourth-order valence-electron chi connectivity index (χ4n) is 4.19. The van der Waals surface area contributed by atoms with Crippen molar-refractivity contribution in [3.8, 4) is 22.8 Å². The fourth-order valence-corrected chi connectivity index (χ4v) is 4.19.